The number of anilines is 1. The van der Waals surface area contributed by atoms with Crippen molar-refractivity contribution in [1.82, 2.24) is 9.78 Å². The first-order valence-corrected chi connectivity index (χ1v) is 14.4. The van der Waals surface area contributed by atoms with Gasteiger partial charge in [0.25, 0.3) is 0 Å². The fourth-order valence-corrected chi connectivity index (χ4v) is 5.86. The first-order valence-electron chi connectivity index (χ1n) is 14.0. The van der Waals surface area contributed by atoms with Crippen molar-refractivity contribution in [2.45, 2.75) is 32.7 Å². The van der Waals surface area contributed by atoms with Crippen LogP contribution in [0.5, 0.6) is 5.75 Å². The third kappa shape index (κ3) is 5.46. The number of benzene rings is 3. The quantitative estimate of drug-likeness (QED) is 0.167. The molecule has 1 amide bonds. The van der Waals surface area contributed by atoms with Crippen molar-refractivity contribution in [3.8, 4) is 16.9 Å². The Kier molecular flexibility index (Phi) is 7.64. The van der Waals surface area contributed by atoms with Crippen molar-refractivity contribution < 1.29 is 23.8 Å². The molecule has 4 aromatic rings. The van der Waals surface area contributed by atoms with E-state index in [1.54, 1.807) is 27.8 Å². The number of carbonyl (C=O) groups is 2. The summed E-state index contributed by atoms with van der Waals surface area (Å²) in [5.74, 6) is 1.20. The standard InChI is InChI=1S/C33H32ClN3O5/c1-20-6-4-9-30(21(20)2)41-12-13-42-33(39)37-19-23-15-27(23)31-26(7-5-8-29(31)37)25-16-35-36(18-25)17-24-14-22(32(38)40-3)10-11-28(24)34/h4-11,14,16,18,23,27H,12-13,15,17,19H2,1-3H3. The fraction of sp³-hybridized carbons (Fsp3) is 0.303. The van der Waals surface area contributed by atoms with E-state index in [4.69, 9.17) is 25.8 Å². The monoisotopic (exact) mass is 585 g/mol. The highest BCUT2D eigenvalue weighted by atomic mass is 35.5. The molecule has 42 heavy (non-hydrogen) atoms. The Morgan fingerprint density at radius 1 is 1.07 bits per heavy atom. The topological polar surface area (TPSA) is 82.9 Å². The van der Waals surface area contributed by atoms with E-state index in [9.17, 15) is 9.59 Å². The van der Waals surface area contributed by atoms with Crippen LogP contribution in [0.1, 0.15) is 45.0 Å². The largest absolute Gasteiger partial charge is 0.490 e. The highest BCUT2D eigenvalue weighted by Crippen LogP contribution is 2.57. The Labute approximate surface area is 249 Å². The molecule has 0 spiro atoms. The summed E-state index contributed by atoms with van der Waals surface area (Å²) in [5.41, 5.74) is 7.49. The average Bonchev–Trinajstić information content (AvgIpc) is 3.65. The van der Waals surface area contributed by atoms with Gasteiger partial charge in [0.2, 0.25) is 0 Å². The van der Waals surface area contributed by atoms with Crippen LogP contribution in [0.2, 0.25) is 5.02 Å². The average molecular weight is 586 g/mol. The normalized spacial score (nSPS) is 16.8. The summed E-state index contributed by atoms with van der Waals surface area (Å²) in [5, 5.41) is 5.12. The maximum absolute atomic E-state index is 13.2. The predicted octanol–water partition coefficient (Wildman–Crippen LogP) is 6.79. The Morgan fingerprint density at radius 3 is 2.74 bits per heavy atom. The number of methoxy groups -OCH3 is 1. The number of halogens is 1. The van der Waals surface area contributed by atoms with Gasteiger partial charge in [-0.15, -0.1) is 0 Å². The zero-order valence-corrected chi connectivity index (χ0v) is 24.6. The number of hydrogen-bond donors (Lipinski definition) is 0. The van der Waals surface area contributed by atoms with Crippen molar-refractivity contribution in [3.05, 3.63) is 99.8 Å². The lowest BCUT2D eigenvalue weighted by atomic mass is 9.93. The van der Waals surface area contributed by atoms with Gasteiger partial charge in [-0.3, -0.25) is 9.58 Å². The maximum atomic E-state index is 13.2. The minimum Gasteiger partial charge on any atom is -0.490 e. The van der Waals surface area contributed by atoms with Crippen LogP contribution in [-0.4, -0.2) is 48.7 Å². The molecule has 2 aliphatic rings. The summed E-state index contributed by atoms with van der Waals surface area (Å²) in [6, 6.07) is 17.0. The molecule has 1 fully saturated rings. The number of carbonyl (C=O) groups excluding carboxylic acids is 2. The molecular formula is C33H32ClN3O5. The summed E-state index contributed by atoms with van der Waals surface area (Å²) in [6.07, 6.45) is 4.47. The third-order valence-corrected chi connectivity index (χ3v) is 8.54. The smallest absolute Gasteiger partial charge is 0.414 e. The first kappa shape index (κ1) is 27.8. The van der Waals surface area contributed by atoms with Gasteiger partial charge in [0.1, 0.15) is 19.0 Å². The molecule has 1 saturated carbocycles. The van der Waals surface area contributed by atoms with Crippen LogP contribution in [0.15, 0.2) is 67.0 Å². The number of aromatic nitrogens is 2. The number of fused-ring (bicyclic) bond motifs is 3. The molecule has 1 aliphatic heterocycles. The molecule has 2 atom stereocenters. The molecule has 0 N–H and O–H groups in total. The number of esters is 1. The van der Waals surface area contributed by atoms with Crippen molar-refractivity contribution in [1.29, 1.82) is 0 Å². The second-order valence-corrected chi connectivity index (χ2v) is 11.2. The van der Waals surface area contributed by atoms with Crippen molar-refractivity contribution >= 4 is 29.4 Å². The number of aryl methyl sites for hydroxylation is 1. The predicted molar refractivity (Wildman–Crippen MR) is 161 cm³/mol. The van der Waals surface area contributed by atoms with E-state index in [0.29, 0.717) is 35.5 Å². The molecular weight excluding hydrogens is 554 g/mol. The number of hydrogen-bond acceptors (Lipinski definition) is 6. The van der Waals surface area contributed by atoms with Crippen molar-refractivity contribution in [3.63, 3.8) is 0 Å². The van der Waals surface area contributed by atoms with Gasteiger partial charge in [0.15, 0.2) is 0 Å². The fourth-order valence-electron chi connectivity index (χ4n) is 5.68. The number of ether oxygens (including phenoxy) is 3. The Bertz CT molecular complexity index is 1670. The van der Waals surface area contributed by atoms with Gasteiger partial charge in [0, 0.05) is 23.3 Å². The minimum absolute atomic E-state index is 0.165. The maximum Gasteiger partial charge on any atom is 0.414 e. The number of amides is 1. The Balaban J connectivity index is 1.17. The minimum atomic E-state index is -0.416. The van der Waals surface area contributed by atoms with Crippen LogP contribution >= 0.6 is 11.6 Å². The van der Waals surface area contributed by atoms with E-state index in [2.05, 4.69) is 11.2 Å². The highest BCUT2D eigenvalue weighted by Gasteiger charge is 2.48. The zero-order chi connectivity index (χ0) is 29.4. The van der Waals surface area contributed by atoms with Crippen LogP contribution in [-0.2, 0) is 16.0 Å². The lowest BCUT2D eigenvalue weighted by Crippen LogP contribution is -2.37. The van der Waals surface area contributed by atoms with Crippen molar-refractivity contribution in [2.75, 3.05) is 31.8 Å². The van der Waals surface area contributed by atoms with Crippen LogP contribution in [0.25, 0.3) is 11.1 Å². The van der Waals surface area contributed by atoms with Gasteiger partial charge < -0.3 is 14.2 Å². The van der Waals surface area contributed by atoms with Gasteiger partial charge in [-0.05, 0) is 90.3 Å². The van der Waals surface area contributed by atoms with Crippen LogP contribution in [0, 0.1) is 19.8 Å². The van der Waals surface area contributed by atoms with Crippen molar-refractivity contribution in [2.24, 2.45) is 5.92 Å². The van der Waals surface area contributed by atoms with E-state index < -0.39 is 5.97 Å². The summed E-state index contributed by atoms with van der Waals surface area (Å²) in [7, 11) is 1.35. The highest BCUT2D eigenvalue weighted by molar-refractivity contribution is 6.31. The molecule has 6 rings (SSSR count). The molecule has 1 aliphatic carbocycles. The van der Waals surface area contributed by atoms with Gasteiger partial charge in [0.05, 0.1) is 31.1 Å². The molecule has 3 aromatic carbocycles. The van der Waals surface area contributed by atoms with Gasteiger partial charge in [-0.25, -0.2) is 9.59 Å². The van der Waals surface area contributed by atoms with Crippen LogP contribution < -0.4 is 9.64 Å². The molecule has 0 radical (unpaired) electrons. The SMILES string of the molecule is COC(=O)c1ccc(Cl)c(Cn2cc(-c3cccc4c3C3CC3CN4C(=O)OCCOc3cccc(C)c3C)cn2)c1. The molecule has 216 valence electrons. The van der Waals surface area contributed by atoms with Crippen LogP contribution in [0.4, 0.5) is 10.5 Å². The van der Waals surface area contributed by atoms with E-state index in [0.717, 1.165) is 51.2 Å². The Hall–Kier alpha value is -4.30. The summed E-state index contributed by atoms with van der Waals surface area (Å²) in [6.45, 7) is 5.56. The summed E-state index contributed by atoms with van der Waals surface area (Å²) in [4.78, 5) is 27.0. The van der Waals surface area contributed by atoms with Gasteiger partial charge >= 0.3 is 12.1 Å². The second-order valence-electron chi connectivity index (χ2n) is 10.8. The molecule has 0 bridgehead atoms. The number of nitrogens with zero attached hydrogens (tertiary/aromatic N) is 3. The van der Waals surface area contributed by atoms with E-state index in [1.807, 2.05) is 56.6 Å². The van der Waals surface area contributed by atoms with E-state index in [1.165, 1.54) is 7.11 Å². The molecule has 2 heterocycles. The molecule has 8 nitrogen and oxygen atoms in total. The molecule has 2 unspecified atom stereocenters. The molecule has 9 heteroatoms. The lowest BCUT2D eigenvalue weighted by molar-refractivity contribution is 0.0600. The second kappa shape index (κ2) is 11.5. The Morgan fingerprint density at radius 2 is 1.90 bits per heavy atom. The van der Waals surface area contributed by atoms with Gasteiger partial charge in [-0.2, -0.15) is 5.10 Å². The first-order chi connectivity index (χ1) is 20.3. The van der Waals surface area contributed by atoms with E-state index in [-0.39, 0.29) is 19.3 Å². The number of rotatable bonds is 8. The summed E-state index contributed by atoms with van der Waals surface area (Å²) < 4.78 is 18.2. The van der Waals surface area contributed by atoms with E-state index >= 15 is 0 Å². The van der Waals surface area contributed by atoms with Crippen LogP contribution in [0.3, 0.4) is 0 Å². The van der Waals surface area contributed by atoms with Gasteiger partial charge in [-0.1, -0.05) is 35.9 Å². The zero-order valence-electron chi connectivity index (χ0n) is 23.8. The summed E-state index contributed by atoms with van der Waals surface area (Å²) >= 11 is 6.42. The third-order valence-electron chi connectivity index (χ3n) is 8.17. The molecule has 0 saturated heterocycles. The lowest BCUT2D eigenvalue weighted by Gasteiger charge is -2.29. The molecule has 1 aromatic heterocycles.